The van der Waals surface area contributed by atoms with Gasteiger partial charge in [0, 0.05) is 42.4 Å². The third kappa shape index (κ3) is 15.1. The van der Waals surface area contributed by atoms with Gasteiger partial charge in [-0.05, 0) is 65.4 Å². The average Bonchev–Trinajstić information content (AvgIpc) is 3.90. The fourth-order valence-electron chi connectivity index (χ4n) is 10.2. The first kappa shape index (κ1) is 56.1. The fraction of sp³-hybridized carbons (Fsp3) is 0.536. The molecule has 4 aliphatic rings. The molecule has 20 heteroatoms. The molecule has 4 heterocycles. The minimum atomic E-state index is -1.12. The van der Waals surface area contributed by atoms with Crippen molar-refractivity contribution < 1.29 is 61.7 Å². The molecule has 4 aromatic rings. The van der Waals surface area contributed by atoms with Crippen molar-refractivity contribution in [2.24, 2.45) is 22.1 Å². The van der Waals surface area contributed by atoms with Crippen LogP contribution in [0.5, 0.6) is 0 Å². The lowest BCUT2D eigenvalue weighted by Gasteiger charge is -2.49. The van der Waals surface area contributed by atoms with Crippen LogP contribution in [0.15, 0.2) is 132 Å². The molecule has 4 fully saturated rings. The molecule has 76 heavy (non-hydrogen) atoms. The van der Waals surface area contributed by atoms with Crippen LogP contribution >= 0.6 is 0 Å². The first-order valence-electron chi connectivity index (χ1n) is 26.1. The van der Waals surface area contributed by atoms with E-state index in [-0.39, 0.29) is 33.0 Å². The third-order valence-corrected chi connectivity index (χ3v) is 14.2. The summed E-state index contributed by atoms with van der Waals surface area (Å²) in [5.41, 5.74) is 23.3. The van der Waals surface area contributed by atoms with Crippen molar-refractivity contribution >= 4 is 12.1 Å². The molecule has 0 N–H and O–H groups in total. The van der Waals surface area contributed by atoms with Crippen LogP contribution in [-0.4, -0.2) is 123 Å². The maximum Gasteiger partial charge on any atom is 0.410 e. The van der Waals surface area contributed by atoms with Gasteiger partial charge in [-0.25, -0.2) is 4.79 Å². The zero-order valence-electron chi connectivity index (χ0n) is 43.4. The molecule has 4 aliphatic heterocycles. The molecule has 15 atom stereocenters. The normalized spacial score (nSPS) is 29.8. The second-order valence-corrected chi connectivity index (χ2v) is 19.6. The summed E-state index contributed by atoms with van der Waals surface area (Å²) in [7, 11) is 0. The van der Waals surface area contributed by atoms with E-state index in [2.05, 4.69) is 20.1 Å². The number of rotatable bonds is 25. The standard InChI is InChI=1S/C56H69N7O13/c1-36-46(59-61-57)54(74-44(34-67-39(4)64)49(36)66-29-19-9-18-28-63(30-40-20-10-5-11-21-40)56(65)71-33-43-26-16-8-17-27-43)75-48-37(2)50(68-31-41-22-12-6-13-23-41)55(72-38(48)3)76-51-45-35-70-53(73-45)47(60-62-58)52(51)69-32-42-24-14-7-15-25-42/h5-8,10-17,20-27,36-38,44-55H,9,18-19,28-35H2,1-4H3/t36-,37+,38?,44?,45?,46?,47+,48+,49+,50?,51+,52+,53?,54-,55+/m1/s1. The van der Waals surface area contributed by atoms with Crippen molar-refractivity contribution in [3.8, 4) is 0 Å². The van der Waals surface area contributed by atoms with E-state index in [1.807, 2.05) is 142 Å². The Morgan fingerprint density at radius 3 is 1.80 bits per heavy atom. The van der Waals surface area contributed by atoms with Crippen molar-refractivity contribution in [1.82, 2.24) is 4.90 Å². The Kier molecular flexibility index (Phi) is 20.9. The molecule has 0 aromatic heterocycles. The highest BCUT2D eigenvalue weighted by molar-refractivity contribution is 5.67. The Morgan fingerprint density at radius 1 is 0.605 bits per heavy atom. The Labute approximate surface area is 443 Å². The minimum absolute atomic E-state index is 0.142. The first-order chi connectivity index (χ1) is 37.1. The summed E-state index contributed by atoms with van der Waals surface area (Å²) in [5.74, 6) is -1.40. The number of amides is 1. The van der Waals surface area contributed by atoms with Crippen LogP contribution < -0.4 is 0 Å². The smallest absolute Gasteiger partial charge is 0.410 e. The highest BCUT2D eigenvalue weighted by Gasteiger charge is 2.56. The van der Waals surface area contributed by atoms with E-state index in [4.69, 9.17) is 52.1 Å². The molecule has 0 radical (unpaired) electrons. The molecule has 2 bridgehead atoms. The van der Waals surface area contributed by atoms with Gasteiger partial charge < -0.3 is 57.0 Å². The molecule has 0 saturated carbocycles. The molecular weight excluding hydrogens is 979 g/mol. The molecule has 8 rings (SSSR count). The largest absolute Gasteiger partial charge is 0.463 e. The van der Waals surface area contributed by atoms with E-state index in [1.54, 1.807) is 4.90 Å². The number of fused-ring (bicyclic) bond motifs is 2. The number of hydrogen-bond donors (Lipinski definition) is 0. The summed E-state index contributed by atoms with van der Waals surface area (Å²) < 4.78 is 70.3. The number of esters is 1. The molecule has 0 spiro atoms. The van der Waals surface area contributed by atoms with Crippen LogP contribution in [0.25, 0.3) is 20.9 Å². The van der Waals surface area contributed by atoms with Gasteiger partial charge in [0.25, 0.3) is 0 Å². The van der Waals surface area contributed by atoms with E-state index >= 15 is 0 Å². The second kappa shape index (κ2) is 28.3. The average molecular weight is 1050 g/mol. The van der Waals surface area contributed by atoms with Crippen molar-refractivity contribution in [3.05, 3.63) is 164 Å². The quantitative estimate of drug-likeness (QED) is 0.0198. The fourth-order valence-corrected chi connectivity index (χ4v) is 10.2. The lowest BCUT2D eigenvalue weighted by Crippen LogP contribution is -2.62. The number of nitrogens with zero attached hydrogens (tertiary/aromatic N) is 7. The molecular formula is C56H69N7O13. The SMILES string of the molecule is CC(=O)OCC1O[C@H](O[C@@H]2C(C)O[C@@H](O[C@H]3C4COC(O4)[C@@H](N=[N+]=[N-])[C@@H]3OCc3ccccc3)C(OCc3ccccc3)[C@H]2C)C(N=[N+]=[N-])[C@@H](C)[C@@H]1OCCCCCN(Cc1ccccc1)C(=O)OCc1ccccc1. The highest BCUT2D eigenvalue weighted by atomic mass is 16.8. The number of carbonyl (C=O) groups is 2. The van der Waals surface area contributed by atoms with E-state index in [0.29, 0.717) is 32.5 Å². The van der Waals surface area contributed by atoms with Crippen LogP contribution in [-0.2, 0) is 83.3 Å². The topological polar surface area (TPSA) is 236 Å². The van der Waals surface area contributed by atoms with Gasteiger partial charge in [-0.15, -0.1) is 0 Å². The summed E-state index contributed by atoms with van der Waals surface area (Å²) >= 11 is 0. The zero-order chi connectivity index (χ0) is 53.2. The molecule has 4 saturated heterocycles. The van der Waals surface area contributed by atoms with Gasteiger partial charge in [0.1, 0.15) is 49.8 Å². The van der Waals surface area contributed by atoms with Gasteiger partial charge in [0.15, 0.2) is 18.9 Å². The molecule has 4 aromatic carbocycles. The van der Waals surface area contributed by atoms with Crippen molar-refractivity contribution in [2.45, 2.75) is 153 Å². The molecule has 0 aliphatic carbocycles. The lowest BCUT2D eigenvalue weighted by molar-refractivity contribution is -0.352. The predicted molar refractivity (Wildman–Crippen MR) is 275 cm³/mol. The molecule has 20 nitrogen and oxygen atoms in total. The number of azide groups is 2. The van der Waals surface area contributed by atoms with Crippen LogP contribution in [0.3, 0.4) is 0 Å². The minimum Gasteiger partial charge on any atom is -0.463 e. The number of hydrogen-bond acceptors (Lipinski definition) is 15. The maximum absolute atomic E-state index is 13.4. The summed E-state index contributed by atoms with van der Waals surface area (Å²) in [6, 6.07) is 37.0. The van der Waals surface area contributed by atoms with E-state index < -0.39 is 104 Å². The van der Waals surface area contributed by atoms with Gasteiger partial charge >= 0.3 is 12.1 Å². The Balaban J connectivity index is 0.937. The van der Waals surface area contributed by atoms with Gasteiger partial charge in [0.05, 0.1) is 44.2 Å². The number of benzene rings is 4. The van der Waals surface area contributed by atoms with Crippen LogP contribution in [0.1, 0.15) is 69.2 Å². The Bertz CT molecular complexity index is 2510. The lowest BCUT2D eigenvalue weighted by atomic mass is 9.87. The van der Waals surface area contributed by atoms with Crippen LogP contribution in [0, 0.1) is 11.8 Å². The predicted octanol–water partition coefficient (Wildman–Crippen LogP) is 9.74. The number of carbonyl (C=O) groups excluding carboxylic acids is 2. The van der Waals surface area contributed by atoms with Crippen molar-refractivity contribution in [3.63, 3.8) is 0 Å². The van der Waals surface area contributed by atoms with E-state index in [1.165, 1.54) is 6.92 Å². The second-order valence-electron chi connectivity index (χ2n) is 19.6. The van der Waals surface area contributed by atoms with Crippen molar-refractivity contribution in [1.29, 1.82) is 0 Å². The van der Waals surface area contributed by atoms with Gasteiger partial charge in [-0.2, -0.15) is 0 Å². The summed E-state index contributed by atoms with van der Waals surface area (Å²) in [6.45, 7) is 8.86. The zero-order valence-corrected chi connectivity index (χ0v) is 43.4. The Morgan fingerprint density at radius 2 is 1.18 bits per heavy atom. The molecule has 1 amide bonds. The summed E-state index contributed by atoms with van der Waals surface area (Å²) in [4.78, 5) is 33.6. The molecule has 6 unspecified atom stereocenters. The van der Waals surface area contributed by atoms with Gasteiger partial charge in [-0.3, -0.25) is 4.79 Å². The van der Waals surface area contributed by atoms with Gasteiger partial charge in [-0.1, -0.05) is 145 Å². The highest BCUT2D eigenvalue weighted by Crippen LogP contribution is 2.41. The molecule has 406 valence electrons. The third-order valence-electron chi connectivity index (χ3n) is 14.2. The van der Waals surface area contributed by atoms with Gasteiger partial charge in [0.2, 0.25) is 0 Å². The van der Waals surface area contributed by atoms with Crippen LogP contribution in [0.2, 0.25) is 0 Å². The van der Waals surface area contributed by atoms with Crippen molar-refractivity contribution in [2.75, 3.05) is 26.4 Å². The first-order valence-corrected chi connectivity index (χ1v) is 26.1. The van der Waals surface area contributed by atoms with E-state index in [9.17, 15) is 20.7 Å². The van der Waals surface area contributed by atoms with Crippen LogP contribution in [0.4, 0.5) is 4.79 Å². The summed E-state index contributed by atoms with van der Waals surface area (Å²) in [6.07, 6.45) is -6.99. The van der Waals surface area contributed by atoms with E-state index in [0.717, 1.165) is 28.7 Å². The Hall–Kier alpha value is -6.12. The monoisotopic (exact) mass is 1050 g/mol. The number of ether oxygens (including phenoxy) is 11. The number of unbranched alkanes of at least 4 members (excludes halogenated alkanes) is 2. The maximum atomic E-state index is 13.4. The summed E-state index contributed by atoms with van der Waals surface area (Å²) in [5, 5.41) is 8.27.